The Hall–Kier alpha value is -2.04. The van der Waals surface area contributed by atoms with Gasteiger partial charge in [0, 0.05) is 7.05 Å². The predicted octanol–water partition coefficient (Wildman–Crippen LogP) is 3.67. The molecule has 1 rings (SSSR count). The van der Waals surface area contributed by atoms with Crippen LogP contribution in [0.4, 0.5) is 4.79 Å². The first-order valence-corrected chi connectivity index (χ1v) is 7.72. The van der Waals surface area contributed by atoms with Crippen LogP contribution in [0.3, 0.4) is 0 Å². The van der Waals surface area contributed by atoms with E-state index in [4.69, 9.17) is 9.47 Å². The molecule has 0 aromatic heterocycles. The van der Waals surface area contributed by atoms with Crippen LogP contribution >= 0.6 is 0 Å². The molecule has 0 heterocycles. The molecule has 0 saturated carbocycles. The van der Waals surface area contributed by atoms with Crippen LogP contribution in [0.5, 0.6) is 5.75 Å². The van der Waals surface area contributed by atoms with E-state index in [2.05, 4.69) is 0 Å². The van der Waals surface area contributed by atoms with E-state index in [0.29, 0.717) is 6.61 Å². The lowest BCUT2D eigenvalue weighted by molar-refractivity contribution is -0.117. The summed E-state index contributed by atoms with van der Waals surface area (Å²) >= 11 is 0. The van der Waals surface area contributed by atoms with Crippen molar-refractivity contribution in [1.29, 1.82) is 0 Å². The fourth-order valence-electron chi connectivity index (χ4n) is 2.30. The van der Waals surface area contributed by atoms with Gasteiger partial charge in [0.2, 0.25) is 0 Å². The molecule has 0 radical (unpaired) electrons. The number of carbonyl (C=O) groups is 2. The maximum absolute atomic E-state index is 12.3. The molecule has 0 aliphatic carbocycles. The molecule has 128 valence electrons. The summed E-state index contributed by atoms with van der Waals surface area (Å²) in [5, 5.41) is 0. The van der Waals surface area contributed by atoms with Gasteiger partial charge in [0.25, 0.3) is 0 Å². The molecule has 23 heavy (non-hydrogen) atoms. The summed E-state index contributed by atoms with van der Waals surface area (Å²) in [6, 6.07) is 5.48. The van der Waals surface area contributed by atoms with Crippen LogP contribution in [0.25, 0.3) is 0 Å². The third-order valence-corrected chi connectivity index (χ3v) is 3.65. The largest absolute Gasteiger partial charge is 0.494 e. The molecule has 1 amide bonds. The minimum atomic E-state index is -1.11. The Kier molecular flexibility index (Phi) is 5.81. The molecule has 0 saturated heterocycles. The van der Waals surface area contributed by atoms with Gasteiger partial charge in [0.1, 0.15) is 23.2 Å². The van der Waals surface area contributed by atoms with Crippen molar-refractivity contribution < 1.29 is 19.1 Å². The molecule has 1 aromatic rings. The zero-order valence-corrected chi connectivity index (χ0v) is 15.1. The van der Waals surface area contributed by atoms with Crippen molar-refractivity contribution in [2.24, 2.45) is 0 Å². The Balaban J connectivity index is 3.18. The van der Waals surface area contributed by atoms with Gasteiger partial charge in [-0.15, -0.1) is 0 Å². The number of hydrogen-bond acceptors (Lipinski definition) is 4. The molecule has 5 heteroatoms. The summed E-state index contributed by atoms with van der Waals surface area (Å²) in [7, 11) is 1.57. The van der Waals surface area contributed by atoms with Crippen molar-refractivity contribution in [3.05, 3.63) is 29.3 Å². The summed E-state index contributed by atoms with van der Waals surface area (Å²) in [4.78, 5) is 25.5. The minimum absolute atomic E-state index is 0.541. The van der Waals surface area contributed by atoms with E-state index < -0.39 is 17.2 Å². The highest BCUT2D eigenvalue weighted by Crippen LogP contribution is 2.31. The first-order chi connectivity index (χ1) is 10.5. The number of carbonyl (C=O) groups excluding carboxylic acids is 2. The number of likely N-dealkylation sites (N-methyl/N-ethyl adjacent to an activating group) is 1. The molecule has 0 N–H and O–H groups in total. The zero-order valence-electron chi connectivity index (χ0n) is 15.1. The Morgan fingerprint density at radius 3 is 2.30 bits per heavy atom. The number of aryl methyl sites for hydroxylation is 1. The molecule has 0 spiro atoms. The van der Waals surface area contributed by atoms with Crippen molar-refractivity contribution in [3.63, 3.8) is 0 Å². The zero-order chi connectivity index (χ0) is 17.8. The highest BCUT2D eigenvalue weighted by molar-refractivity contribution is 5.78. The molecule has 0 fully saturated rings. The molecule has 1 unspecified atom stereocenters. The van der Waals surface area contributed by atoms with Crippen molar-refractivity contribution >= 4 is 12.4 Å². The number of nitrogens with zero attached hydrogens (tertiary/aromatic N) is 1. The SMILES string of the molecule is CCOc1ccc(C(C)(C=O)N(C)C(=O)OC(C)(C)C)c(C)c1. The molecule has 1 aromatic carbocycles. The van der Waals surface area contributed by atoms with Gasteiger partial charge in [-0.3, -0.25) is 4.90 Å². The van der Waals surface area contributed by atoms with Gasteiger partial charge in [-0.25, -0.2) is 4.79 Å². The first-order valence-electron chi connectivity index (χ1n) is 7.72. The predicted molar refractivity (Wildman–Crippen MR) is 89.8 cm³/mol. The summed E-state index contributed by atoms with van der Waals surface area (Å²) in [6.07, 6.45) is 0.222. The molecule has 5 nitrogen and oxygen atoms in total. The lowest BCUT2D eigenvalue weighted by Crippen LogP contribution is -2.48. The molecule has 0 bridgehead atoms. The number of ether oxygens (including phenoxy) is 2. The van der Waals surface area contributed by atoms with Gasteiger partial charge < -0.3 is 14.3 Å². The highest BCUT2D eigenvalue weighted by atomic mass is 16.6. The van der Waals surface area contributed by atoms with Crippen molar-refractivity contribution in [1.82, 2.24) is 4.90 Å². The molecule has 1 atom stereocenters. The topological polar surface area (TPSA) is 55.8 Å². The van der Waals surface area contributed by atoms with Gasteiger partial charge in [-0.1, -0.05) is 6.07 Å². The molecule has 0 aliphatic rings. The monoisotopic (exact) mass is 321 g/mol. The van der Waals surface area contributed by atoms with Gasteiger partial charge in [0.15, 0.2) is 0 Å². The van der Waals surface area contributed by atoms with Crippen LogP contribution in [0.2, 0.25) is 0 Å². The average Bonchev–Trinajstić information content (AvgIpc) is 2.44. The molecular formula is C18H27NO4. The maximum Gasteiger partial charge on any atom is 0.411 e. The van der Waals surface area contributed by atoms with Gasteiger partial charge in [-0.2, -0.15) is 0 Å². The van der Waals surface area contributed by atoms with E-state index in [0.717, 1.165) is 23.2 Å². The van der Waals surface area contributed by atoms with Crippen LogP contribution in [-0.4, -0.2) is 36.5 Å². The third-order valence-electron chi connectivity index (χ3n) is 3.65. The van der Waals surface area contributed by atoms with E-state index in [1.807, 2.05) is 26.0 Å². The Morgan fingerprint density at radius 1 is 1.26 bits per heavy atom. The fourth-order valence-corrected chi connectivity index (χ4v) is 2.30. The Bertz CT molecular complexity index is 577. The van der Waals surface area contributed by atoms with E-state index in [1.54, 1.807) is 40.8 Å². The van der Waals surface area contributed by atoms with Crippen molar-refractivity contribution in [2.45, 2.75) is 52.7 Å². The number of hydrogen-bond donors (Lipinski definition) is 0. The lowest BCUT2D eigenvalue weighted by Gasteiger charge is -2.36. The van der Waals surface area contributed by atoms with Crippen molar-refractivity contribution in [2.75, 3.05) is 13.7 Å². The highest BCUT2D eigenvalue weighted by Gasteiger charge is 2.37. The van der Waals surface area contributed by atoms with Gasteiger partial charge >= 0.3 is 6.09 Å². The smallest absolute Gasteiger partial charge is 0.411 e. The fraction of sp³-hybridized carbons (Fsp3) is 0.556. The first kappa shape index (κ1) is 19.0. The number of benzene rings is 1. The van der Waals surface area contributed by atoms with Crippen LogP contribution in [0, 0.1) is 6.92 Å². The molecular weight excluding hydrogens is 294 g/mol. The van der Waals surface area contributed by atoms with Crippen LogP contribution in [-0.2, 0) is 15.1 Å². The van der Waals surface area contributed by atoms with E-state index in [1.165, 1.54) is 4.90 Å². The van der Waals surface area contributed by atoms with E-state index in [9.17, 15) is 9.59 Å². The number of rotatable bonds is 5. The maximum atomic E-state index is 12.3. The summed E-state index contributed by atoms with van der Waals surface area (Å²) < 4.78 is 10.8. The van der Waals surface area contributed by atoms with Crippen LogP contribution in [0.1, 0.15) is 45.7 Å². The standard InChI is InChI=1S/C18H27NO4/c1-8-22-14-9-10-15(13(2)11-14)18(6,12-20)19(7)16(21)23-17(3,4)5/h9-12H,8H2,1-7H3. The number of amides is 1. The van der Waals surface area contributed by atoms with Crippen LogP contribution in [0.15, 0.2) is 18.2 Å². The molecule has 0 aliphatic heterocycles. The summed E-state index contributed by atoms with van der Waals surface area (Å²) in [5.74, 6) is 0.738. The van der Waals surface area contributed by atoms with Crippen LogP contribution < -0.4 is 4.74 Å². The van der Waals surface area contributed by atoms with Crippen molar-refractivity contribution in [3.8, 4) is 5.75 Å². The van der Waals surface area contributed by atoms with E-state index in [-0.39, 0.29) is 0 Å². The Morgan fingerprint density at radius 2 is 1.87 bits per heavy atom. The second-order valence-corrected chi connectivity index (χ2v) is 6.71. The third kappa shape index (κ3) is 4.47. The van der Waals surface area contributed by atoms with Gasteiger partial charge in [0.05, 0.1) is 6.61 Å². The summed E-state index contributed by atoms with van der Waals surface area (Å²) in [6.45, 7) is 11.4. The summed E-state index contributed by atoms with van der Waals surface area (Å²) in [5.41, 5.74) is -0.120. The van der Waals surface area contributed by atoms with Gasteiger partial charge in [-0.05, 0) is 64.8 Å². The Labute approximate surface area is 138 Å². The average molecular weight is 321 g/mol. The van der Waals surface area contributed by atoms with E-state index >= 15 is 0 Å². The quantitative estimate of drug-likeness (QED) is 0.776. The minimum Gasteiger partial charge on any atom is -0.494 e. The second-order valence-electron chi connectivity index (χ2n) is 6.71. The second kappa shape index (κ2) is 7.02. The normalized spacial score (nSPS) is 13.9. The lowest BCUT2D eigenvalue weighted by atomic mass is 9.88. The number of aldehydes is 1.